The maximum atomic E-state index is 12.3. The molecule has 21 heavy (non-hydrogen) atoms. The van der Waals surface area contributed by atoms with Crippen molar-refractivity contribution in [1.29, 1.82) is 0 Å². The zero-order valence-corrected chi connectivity index (χ0v) is 11.5. The van der Waals surface area contributed by atoms with Crippen LogP contribution in [0, 0.1) is 0 Å². The molecule has 0 unspecified atom stereocenters. The topological polar surface area (TPSA) is 49.4 Å². The number of carbonyl (C=O) groups is 1. The number of benzene rings is 1. The van der Waals surface area contributed by atoms with Gasteiger partial charge in [0.1, 0.15) is 6.61 Å². The number of esters is 1. The van der Waals surface area contributed by atoms with Crippen molar-refractivity contribution < 1.29 is 41.0 Å². The molecule has 0 bridgehead atoms. The highest BCUT2D eigenvalue weighted by molar-refractivity contribution is 9.10. The number of carbonyl (C=O) groups excluding carboxylic acids is 1. The fourth-order valence-corrected chi connectivity index (χ4v) is 1.65. The summed E-state index contributed by atoms with van der Waals surface area (Å²) in [5.41, 5.74) is -5.71. The summed E-state index contributed by atoms with van der Waals surface area (Å²) < 4.78 is 78.1. The van der Waals surface area contributed by atoms with Crippen LogP contribution in [0.5, 0.6) is 0 Å². The van der Waals surface area contributed by atoms with Crippen LogP contribution >= 0.6 is 15.9 Å². The van der Waals surface area contributed by atoms with E-state index in [2.05, 4.69) is 20.7 Å². The molecule has 0 amide bonds. The molecule has 0 N–H and O–H groups in total. The van der Waals surface area contributed by atoms with E-state index in [1.807, 2.05) is 0 Å². The molecule has 0 aliphatic heterocycles. The lowest BCUT2D eigenvalue weighted by Gasteiger charge is -2.40. The molecule has 0 spiro atoms. The van der Waals surface area contributed by atoms with Crippen molar-refractivity contribution in [2.45, 2.75) is 24.6 Å². The van der Waals surface area contributed by atoms with Gasteiger partial charge in [-0.1, -0.05) is 34.1 Å². The van der Waals surface area contributed by atoms with Gasteiger partial charge in [0, 0.05) is 10.0 Å². The van der Waals surface area contributed by atoms with E-state index in [1.165, 1.54) is 24.3 Å². The summed E-state index contributed by atoms with van der Waals surface area (Å²) in [6, 6.07) is 5.68. The maximum absolute atomic E-state index is 12.3. The monoisotopic (exact) mass is 379 g/mol. The standard InChI is InChI=1S/C11H6BrF6O3/c12-7-4-2-1-3-6(7)5-21-8(19)9(20,10(13,14)15)11(16,17)18/h1-4H,5H2/q-1. The van der Waals surface area contributed by atoms with Crippen molar-refractivity contribution in [2.75, 3.05) is 0 Å². The fraction of sp³-hybridized carbons (Fsp3) is 0.364. The molecule has 0 aliphatic carbocycles. The van der Waals surface area contributed by atoms with Crippen molar-refractivity contribution in [2.24, 2.45) is 0 Å². The first-order chi connectivity index (χ1) is 9.41. The zero-order chi connectivity index (χ0) is 16.5. The van der Waals surface area contributed by atoms with Gasteiger partial charge >= 0.3 is 18.3 Å². The van der Waals surface area contributed by atoms with Gasteiger partial charge in [-0.15, -0.1) is 0 Å². The third-order valence-corrected chi connectivity index (χ3v) is 3.18. The third kappa shape index (κ3) is 3.49. The zero-order valence-electron chi connectivity index (χ0n) is 9.89. The lowest BCUT2D eigenvalue weighted by molar-refractivity contribution is -0.574. The average molecular weight is 380 g/mol. The minimum Gasteiger partial charge on any atom is -0.828 e. The molecule has 118 valence electrons. The molecule has 0 fully saturated rings. The Kier molecular flexibility index (Phi) is 4.94. The molecule has 0 radical (unpaired) electrons. The van der Waals surface area contributed by atoms with Crippen molar-refractivity contribution in [3.63, 3.8) is 0 Å². The third-order valence-electron chi connectivity index (χ3n) is 2.40. The molecule has 1 aromatic carbocycles. The largest absolute Gasteiger partial charge is 0.828 e. The molecule has 0 aliphatic rings. The SMILES string of the molecule is O=C(OCc1ccccc1Br)C([O-])(C(F)(F)F)C(F)(F)F. The number of hydrogen-bond donors (Lipinski definition) is 0. The fourth-order valence-electron chi connectivity index (χ4n) is 1.25. The molecule has 10 heteroatoms. The van der Waals surface area contributed by atoms with E-state index >= 15 is 0 Å². The van der Waals surface area contributed by atoms with Gasteiger partial charge in [-0.3, -0.25) is 4.79 Å². The quantitative estimate of drug-likeness (QED) is 0.599. The minimum atomic E-state index is -6.36. The first kappa shape index (κ1) is 17.8. The van der Waals surface area contributed by atoms with Gasteiger partial charge in [-0.25, -0.2) is 0 Å². The summed E-state index contributed by atoms with van der Waals surface area (Å²) in [5.74, 6) is -2.95. The lowest BCUT2D eigenvalue weighted by Crippen LogP contribution is -2.71. The van der Waals surface area contributed by atoms with Crippen molar-refractivity contribution in [1.82, 2.24) is 0 Å². The van der Waals surface area contributed by atoms with Gasteiger partial charge in [0.05, 0.1) is 0 Å². The van der Waals surface area contributed by atoms with Crippen molar-refractivity contribution >= 4 is 21.9 Å². The maximum Gasteiger partial charge on any atom is 0.399 e. The highest BCUT2D eigenvalue weighted by Gasteiger charge is 2.68. The summed E-state index contributed by atoms with van der Waals surface area (Å²) >= 11 is 2.96. The van der Waals surface area contributed by atoms with E-state index in [-0.39, 0.29) is 5.56 Å². The number of alkyl halides is 6. The Morgan fingerprint density at radius 3 is 2.00 bits per heavy atom. The number of halogens is 7. The Morgan fingerprint density at radius 1 is 1.10 bits per heavy atom. The summed E-state index contributed by atoms with van der Waals surface area (Å²) in [6.07, 6.45) is -12.7. The highest BCUT2D eigenvalue weighted by Crippen LogP contribution is 2.41. The molecule has 0 aromatic heterocycles. The molecule has 0 atom stereocenters. The predicted octanol–water partition coefficient (Wildman–Crippen LogP) is 2.72. The van der Waals surface area contributed by atoms with Crippen LogP contribution in [0.1, 0.15) is 5.56 Å². The van der Waals surface area contributed by atoms with E-state index in [4.69, 9.17) is 0 Å². The van der Waals surface area contributed by atoms with E-state index in [1.54, 1.807) is 0 Å². The van der Waals surface area contributed by atoms with Gasteiger partial charge in [0.25, 0.3) is 0 Å². The second-order valence-corrected chi connectivity index (χ2v) is 4.70. The Labute approximate surface area is 122 Å². The summed E-state index contributed by atoms with van der Waals surface area (Å²) in [6.45, 7) is -0.906. The summed E-state index contributed by atoms with van der Waals surface area (Å²) in [5, 5.41) is 11.0. The molecular weight excluding hydrogens is 374 g/mol. The smallest absolute Gasteiger partial charge is 0.399 e. The van der Waals surface area contributed by atoms with E-state index < -0.39 is 30.5 Å². The van der Waals surface area contributed by atoms with Crippen LogP contribution in [-0.2, 0) is 16.1 Å². The van der Waals surface area contributed by atoms with Crippen LogP contribution < -0.4 is 5.11 Å². The van der Waals surface area contributed by atoms with Crippen LogP contribution in [0.4, 0.5) is 26.3 Å². The molecule has 0 saturated carbocycles. The van der Waals surface area contributed by atoms with Crippen LogP contribution in [0.3, 0.4) is 0 Å². The molecule has 3 nitrogen and oxygen atoms in total. The second kappa shape index (κ2) is 5.84. The van der Waals surface area contributed by atoms with Gasteiger partial charge in [-0.05, 0) is 6.07 Å². The molecule has 1 rings (SSSR count). The van der Waals surface area contributed by atoms with Gasteiger partial charge in [0.15, 0.2) is 5.60 Å². The molecular formula is C11H6BrF6O3-. The first-order valence-electron chi connectivity index (χ1n) is 5.15. The Morgan fingerprint density at radius 2 is 1.57 bits per heavy atom. The first-order valence-corrected chi connectivity index (χ1v) is 5.95. The number of hydrogen-bond acceptors (Lipinski definition) is 3. The second-order valence-electron chi connectivity index (χ2n) is 3.84. The highest BCUT2D eigenvalue weighted by atomic mass is 79.9. The van der Waals surface area contributed by atoms with Crippen molar-refractivity contribution in [3.05, 3.63) is 34.3 Å². The number of ether oxygens (including phenoxy) is 1. The van der Waals surface area contributed by atoms with Crippen molar-refractivity contribution in [3.8, 4) is 0 Å². The van der Waals surface area contributed by atoms with Crippen LogP contribution in [0.15, 0.2) is 28.7 Å². The van der Waals surface area contributed by atoms with E-state index in [9.17, 15) is 36.2 Å². The molecule has 0 saturated heterocycles. The van der Waals surface area contributed by atoms with Gasteiger partial charge in [0.2, 0.25) is 0 Å². The molecule has 1 aromatic rings. The predicted molar refractivity (Wildman–Crippen MR) is 58.8 cm³/mol. The Hall–Kier alpha value is -1.29. The van der Waals surface area contributed by atoms with Gasteiger partial charge < -0.3 is 9.84 Å². The van der Waals surface area contributed by atoms with E-state index in [0.29, 0.717) is 4.47 Å². The summed E-state index contributed by atoms with van der Waals surface area (Å²) in [7, 11) is 0. The number of rotatable bonds is 3. The molecule has 0 heterocycles. The van der Waals surface area contributed by atoms with Crippen LogP contribution in [-0.4, -0.2) is 23.9 Å². The summed E-state index contributed by atoms with van der Waals surface area (Å²) in [4.78, 5) is 11.1. The Balaban J connectivity index is 2.97. The minimum absolute atomic E-state index is 0.109. The van der Waals surface area contributed by atoms with Crippen LogP contribution in [0.25, 0.3) is 0 Å². The van der Waals surface area contributed by atoms with E-state index in [0.717, 1.165) is 0 Å². The van der Waals surface area contributed by atoms with Crippen LogP contribution in [0.2, 0.25) is 0 Å². The normalized spacial score (nSPS) is 13.1. The van der Waals surface area contributed by atoms with Gasteiger partial charge in [-0.2, -0.15) is 26.3 Å². The lowest BCUT2D eigenvalue weighted by atomic mass is 10.0. The Bertz CT molecular complexity index is 511. The average Bonchev–Trinajstić information content (AvgIpc) is 2.33.